The lowest BCUT2D eigenvalue weighted by atomic mass is 10.3. The van der Waals surface area contributed by atoms with E-state index in [9.17, 15) is 0 Å². The summed E-state index contributed by atoms with van der Waals surface area (Å²) >= 11 is 0. The second-order valence-corrected chi connectivity index (χ2v) is 4.24. The van der Waals surface area contributed by atoms with Crippen molar-refractivity contribution in [1.29, 1.82) is 0 Å². The summed E-state index contributed by atoms with van der Waals surface area (Å²) in [5.41, 5.74) is 6.65. The number of imidazole rings is 1. The lowest BCUT2D eigenvalue weighted by Crippen LogP contribution is -2.37. The molecule has 0 aliphatic heterocycles. The first-order chi connectivity index (χ1) is 8.67. The van der Waals surface area contributed by atoms with E-state index in [0.29, 0.717) is 12.4 Å². The first-order valence-electron chi connectivity index (χ1n) is 6.02. The SMILES string of the molecule is CCN(c1nc(N)cn2ccnc12)C(C)COC. The van der Waals surface area contributed by atoms with E-state index in [-0.39, 0.29) is 6.04 Å². The predicted molar refractivity (Wildman–Crippen MR) is 71.8 cm³/mol. The number of methoxy groups -OCH3 is 1. The fourth-order valence-corrected chi connectivity index (χ4v) is 2.13. The summed E-state index contributed by atoms with van der Waals surface area (Å²) in [4.78, 5) is 10.9. The highest BCUT2D eigenvalue weighted by Gasteiger charge is 2.18. The first kappa shape index (κ1) is 12.6. The third kappa shape index (κ3) is 2.24. The molecule has 18 heavy (non-hydrogen) atoms. The summed E-state index contributed by atoms with van der Waals surface area (Å²) in [6.45, 7) is 5.63. The van der Waals surface area contributed by atoms with Gasteiger partial charge in [-0.25, -0.2) is 9.97 Å². The van der Waals surface area contributed by atoms with Crippen LogP contribution in [0.5, 0.6) is 0 Å². The van der Waals surface area contributed by atoms with E-state index in [1.807, 2.05) is 10.6 Å². The van der Waals surface area contributed by atoms with Crippen LogP contribution in [0.2, 0.25) is 0 Å². The van der Waals surface area contributed by atoms with Crippen LogP contribution in [0, 0.1) is 0 Å². The molecule has 0 aliphatic carbocycles. The van der Waals surface area contributed by atoms with E-state index >= 15 is 0 Å². The van der Waals surface area contributed by atoms with Crippen LogP contribution in [0.15, 0.2) is 18.6 Å². The van der Waals surface area contributed by atoms with Gasteiger partial charge in [-0.2, -0.15) is 0 Å². The van der Waals surface area contributed by atoms with Gasteiger partial charge in [0.2, 0.25) is 0 Å². The summed E-state index contributed by atoms with van der Waals surface area (Å²) in [5.74, 6) is 1.28. The second kappa shape index (κ2) is 5.22. The Hall–Kier alpha value is -1.82. The molecule has 0 bridgehead atoms. The number of fused-ring (bicyclic) bond motifs is 1. The van der Waals surface area contributed by atoms with Gasteiger partial charge in [-0.1, -0.05) is 0 Å². The van der Waals surface area contributed by atoms with Gasteiger partial charge in [-0.05, 0) is 13.8 Å². The summed E-state index contributed by atoms with van der Waals surface area (Å²) in [5, 5.41) is 0. The molecule has 0 fully saturated rings. The Bertz CT molecular complexity index is 524. The Labute approximate surface area is 106 Å². The number of likely N-dealkylation sites (N-methyl/N-ethyl adjacent to an activating group) is 1. The molecule has 6 nitrogen and oxygen atoms in total. The number of rotatable bonds is 5. The van der Waals surface area contributed by atoms with Crippen LogP contribution < -0.4 is 10.6 Å². The van der Waals surface area contributed by atoms with Crippen LogP contribution >= 0.6 is 0 Å². The highest BCUT2D eigenvalue weighted by Crippen LogP contribution is 2.21. The van der Waals surface area contributed by atoms with Crippen LogP contribution in [0.1, 0.15) is 13.8 Å². The molecular formula is C12H19N5O. The molecule has 0 saturated carbocycles. The fourth-order valence-electron chi connectivity index (χ4n) is 2.13. The number of nitrogens with zero attached hydrogens (tertiary/aromatic N) is 4. The van der Waals surface area contributed by atoms with Gasteiger partial charge in [0.25, 0.3) is 0 Å². The van der Waals surface area contributed by atoms with Gasteiger partial charge in [0.05, 0.1) is 18.8 Å². The average Bonchev–Trinajstić information content (AvgIpc) is 2.78. The van der Waals surface area contributed by atoms with E-state index in [2.05, 4.69) is 28.7 Å². The van der Waals surface area contributed by atoms with E-state index in [1.165, 1.54) is 0 Å². The van der Waals surface area contributed by atoms with Crippen LogP contribution in [-0.2, 0) is 4.74 Å². The fraction of sp³-hybridized carbons (Fsp3) is 0.500. The molecule has 2 aromatic heterocycles. The van der Waals surface area contributed by atoms with Crippen molar-refractivity contribution in [3.05, 3.63) is 18.6 Å². The minimum absolute atomic E-state index is 0.217. The van der Waals surface area contributed by atoms with Crippen molar-refractivity contribution in [3.63, 3.8) is 0 Å². The number of aromatic nitrogens is 3. The summed E-state index contributed by atoms with van der Waals surface area (Å²) in [7, 11) is 1.70. The molecule has 0 aromatic carbocycles. The highest BCUT2D eigenvalue weighted by molar-refractivity contribution is 5.66. The number of nitrogen functional groups attached to an aromatic ring is 1. The number of hydrogen-bond acceptors (Lipinski definition) is 5. The Morgan fingerprint density at radius 3 is 3.00 bits per heavy atom. The van der Waals surface area contributed by atoms with Gasteiger partial charge in [0.1, 0.15) is 5.82 Å². The minimum atomic E-state index is 0.217. The molecule has 98 valence electrons. The lowest BCUT2D eigenvalue weighted by Gasteiger charge is -2.28. The van der Waals surface area contributed by atoms with Gasteiger partial charge in [0, 0.05) is 26.0 Å². The highest BCUT2D eigenvalue weighted by atomic mass is 16.5. The smallest absolute Gasteiger partial charge is 0.180 e. The van der Waals surface area contributed by atoms with Crippen LogP contribution in [0.4, 0.5) is 11.6 Å². The van der Waals surface area contributed by atoms with Crippen molar-refractivity contribution < 1.29 is 4.74 Å². The van der Waals surface area contributed by atoms with Crippen molar-refractivity contribution in [2.45, 2.75) is 19.9 Å². The molecule has 2 aromatic rings. The molecule has 2 heterocycles. The zero-order valence-corrected chi connectivity index (χ0v) is 11.0. The molecule has 1 atom stereocenters. The number of ether oxygens (including phenoxy) is 1. The molecule has 2 rings (SSSR count). The van der Waals surface area contributed by atoms with E-state index in [1.54, 1.807) is 19.5 Å². The van der Waals surface area contributed by atoms with Gasteiger partial charge in [-0.15, -0.1) is 0 Å². The number of nitrogens with two attached hydrogens (primary N) is 1. The standard InChI is InChI=1S/C12H19N5O/c1-4-17(9(2)8-18-3)12-11-14-5-6-16(11)7-10(13)15-12/h5-7,9H,4,8,13H2,1-3H3. The van der Waals surface area contributed by atoms with Crippen molar-refractivity contribution in [2.24, 2.45) is 0 Å². The van der Waals surface area contributed by atoms with Crippen molar-refractivity contribution in [3.8, 4) is 0 Å². The molecule has 6 heteroatoms. The summed E-state index contributed by atoms with van der Waals surface area (Å²) < 4.78 is 7.09. The average molecular weight is 249 g/mol. The van der Waals surface area contributed by atoms with Crippen LogP contribution in [0.25, 0.3) is 5.65 Å². The molecule has 0 saturated heterocycles. The molecule has 0 amide bonds. The maximum absolute atomic E-state index is 5.83. The third-order valence-corrected chi connectivity index (χ3v) is 2.93. The Morgan fingerprint density at radius 1 is 1.56 bits per heavy atom. The topological polar surface area (TPSA) is 68.7 Å². The van der Waals surface area contributed by atoms with Crippen molar-refractivity contribution in [1.82, 2.24) is 14.4 Å². The third-order valence-electron chi connectivity index (χ3n) is 2.93. The second-order valence-electron chi connectivity index (χ2n) is 4.24. The normalized spacial score (nSPS) is 12.8. The van der Waals surface area contributed by atoms with E-state index < -0.39 is 0 Å². The van der Waals surface area contributed by atoms with Gasteiger partial charge in [-0.3, -0.25) is 0 Å². The zero-order valence-electron chi connectivity index (χ0n) is 11.0. The summed E-state index contributed by atoms with van der Waals surface area (Å²) in [6, 6.07) is 0.217. The first-order valence-corrected chi connectivity index (χ1v) is 6.02. The van der Waals surface area contributed by atoms with Gasteiger partial charge in [0.15, 0.2) is 11.5 Å². The molecule has 0 aliphatic rings. The molecule has 1 unspecified atom stereocenters. The number of hydrogen-bond donors (Lipinski definition) is 1. The van der Waals surface area contributed by atoms with Crippen LogP contribution in [0.3, 0.4) is 0 Å². The Morgan fingerprint density at radius 2 is 2.33 bits per heavy atom. The largest absolute Gasteiger partial charge is 0.383 e. The lowest BCUT2D eigenvalue weighted by molar-refractivity contribution is 0.182. The Balaban J connectivity index is 2.46. The monoisotopic (exact) mass is 249 g/mol. The predicted octanol–water partition coefficient (Wildman–Crippen LogP) is 1.17. The van der Waals surface area contributed by atoms with Crippen LogP contribution in [-0.4, -0.2) is 40.7 Å². The minimum Gasteiger partial charge on any atom is -0.383 e. The van der Waals surface area contributed by atoms with Crippen molar-refractivity contribution in [2.75, 3.05) is 30.9 Å². The maximum Gasteiger partial charge on any atom is 0.180 e. The quantitative estimate of drug-likeness (QED) is 0.861. The van der Waals surface area contributed by atoms with E-state index in [0.717, 1.165) is 18.0 Å². The summed E-state index contributed by atoms with van der Waals surface area (Å²) in [6.07, 6.45) is 5.38. The maximum atomic E-state index is 5.83. The molecular weight excluding hydrogens is 230 g/mol. The molecule has 0 radical (unpaired) electrons. The van der Waals surface area contributed by atoms with Gasteiger partial charge < -0.3 is 19.8 Å². The van der Waals surface area contributed by atoms with E-state index in [4.69, 9.17) is 10.5 Å². The Kier molecular flexibility index (Phi) is 3.66. The zero-order chi connectivity index (χ0) is 13.1. The molecule has 2 N–H and O–H groups in total. The number of anilines is 2. The molecule has 0 spiro atoms. The van der Waals surface area contributed by atoms with Gasteiger partial charge >= 0.3 is 0 Å². The van der Waals surface area contributed by atoms with Crippen molar-refractivity contribution >= 4 is 17.3 Å².